The lowest BCUT2D eigenvalue weighted by molar-refractivity contribution is 0.249. The molecule has 3 nitrogen and oxygen atoms in total. The van der Waals surface area contributed by atoms with Gasteiger partial charge in [0.05, 0.1) is 4.08 Å². The second-order valence-electron chi connectivity index (χ2n) is 14.8. The molecule has 0 aliphatic carbocycles. The van der Waals surface area contributed by atoms with Gasteiger partial charge >= 0.3 is 0 Å². The van der Waals surface area contributed by atoms with Crippen LogP contribution in [0.15, 0.2) is 28.0 Å². The molecule has 0 saturated carbocycles. The summed E-state index contributed by atoms with van der Waals surface area (Å²) in [6.07, 6.45) is 0.578. The number of rotatable bonds is 7. The predicted octanol–water partition coefficient (Wildman–Crippen LogP) is 9.58. The summed E-state index contributed by atoms with van der Waals surface area (Å²) in [5.41, 5.74) is 3.98. The monoisotopic (exact) mass is 560 g/mol. The summed E-state index contributed by atoms with van der Waals surface area (Å²) in [6.45, 7) is 30.2. The zero-order valence-electron chi connectivity index (χ0n) is 26.3. The third-order valence-electron chi connectivity index (χ3n) is 7.15. The van der Waals surface area contributed by atoms with Crippen molar-refractivity contribution in [1.29, 1.82) is 0 Å². The Balaban J connectivity index is 2.65. The molecular weight excluding hydrogens is 508 g/mol. The Morgan fingerprint density at radius 3 is 1.55 bits per heavy atom. The van der Waals surface area contributed by atoms with E-state index in [1.807, 2.05) is 11.8 Å². The van der Waals surface area contributed by atoms with Gasteiger partial charge in [0.15, 0.2) is 0 Å². The van der Waals surface area contributed by atoms with Crippen LogP contribution in [-0.4, -0.2) is 26.0 Å². The first-order valence-electron chi connectivity index (χ1n) is 13.7. The number of thioether (sulfide) groups is 2. The van der Waals surface area contributed by atoms with Gasteiger partial charge in [-0.2, -0.15) is 0 Å². The van der Waals surface area contributed by atoms with Crippen molar-refractivity contribution < 1.29 is 15.3 Å². The van der Waals surface area contributed by atoms with Crippen molar-refractivity contribution in [3.8, 4) is 11.5 Å². The fourth-order valence-corrected chi connectivity index (χ4v) is 7.68. The molecule has 0 amide bonds. The third kappa shape index (κ3) is 7.46. The number of hydrogen-bond acceptors (Lipinski definition) is 5. The average Bonchev–Trinajstić information content (AvgIpc) is 2.68. The fraction of sp³-hybridized carbons (Fsp3) is 0.636. The zero-order valence-corrected chi connectivity index (χ0v) is 27.9. The SMILES string of the molecule is Cc1c(SC(C)(C)Sc2cc(C(C)(C)C)c(O)c(C(C)(C)CCO)c2)cc(C(C)(C)C)c(O)c1C(C)(C)C. The maximum absolute atomic E-state index is 11.3. The van der Waals surface area contributed by atoms with Gasteiger partial charge in [-0.25, -0.2) is 0 Å². The third-order valence-corrected chi connectivity index (χ3v) is 9.75. The molecule has 2 rings (SSSR count). The second kappa shape index (κ2) is 10.9. The van der Waals surface area contributed by atoms with Crippen molar-refractivity contribution in [1.82, 2.24) is 0 Å². The zero-order chi connectivity index (χ0) is 29.6. The molecule has 214 valence electrons. The van der Waals surface area contributed by atoms with Crippen LogP contribution in [0, 0.1) is 6.92 Å². The molecule has 0 radical (unpaired) electrons. The summed E-state index contributed by atoms with van der Waals surface area (Å²) in [5.74, 6) is 0.756. The molecule has 2 aromatic rings. The molecular formula is C33H52O3S2. The summed E-state index contributed by atoms with van der Waals surface area (Å²) < 4.78 is -0.226. The van der Waals surface area contributed by atoms with E-state index in [0.29, 0.717) is 17.9 Å². The van der Waals surface area contributed by atoms with E-state index < -0.39 is 0 Å². The summed E-state index contributed by atoms with van der Waals surface area (Å²) >= 11 is 3.62. The number of phenols is 2. The highest BCUT2D eigenvalue weighted by Gasteiger charge is 2.33. The van der Waals surface area contributed by atoms with Gasteiger partial charge in [0.1, 0.15) is 11.5 Å². The molecule has 0 spiro atoms. The lowest BCUT2D eigenvalue weighted by Gasteiger charge is -2.33. The summed E-state index contributed by atoms with van der Waals surface area (Å²) in [7, 11) is 0. The highest BCUT2D eigenvalue weighted by Crippen LogP contribution is 2.52. The molecule has 0 aromatic heterocycles. The Hall–Kier alpha value is -1.30. The van der Waals surface area contributed by atoms with Gasteiger partial charge in [0.2, 0.25) is 0 Å². The quantitative estimate of drug-likeness (QED) is 0.232. The lowest BCUT2D eigenvalue weighted by Crippen LogP contribution is -2.22. The first-order chi connectivity index (χ1) is 16.9. The average molecular weight is 561 g/mol. The Kier molecular flexibility index (Phi) is 9.47. The van der Waals surface area contributed by atoms with Crippen molar-refractivity contribution in [3.63, 3.8) is 0 Å². The van der Waals surface area contributed by atoms with E-state index in [0.717, 1.165) is 32.7 Å². The maximum atomic E-state index is 11.3. The minimum absolute atomic E-state index is 0.0718. The van der Waals surface area contributed by atoms with Gasteiger partial charge in [-0.15, -0.1) is 23.5 Å². The topological polar surface area (TPSA) is 60.7 Å². The largest absolute Gasteiger partial charge is 0.507 e. The summed E-state index contributed by atoms with van der Waals surface area (Å²) in [5, 5.41) is 32.3. The van der Waals surface area contributed by atoms with Crippen LogP contribution >= 0.6 is 23.5 Å². The molecule has 0 aliphatic rings. The Bertz CT molecular complexity index is 1160. The van der Waals surface area contributed by atoms with Crippen LogP contribution in [0.25, 0.3) is 0 Å². The molecule has 3 N–H and O–H groups in total. The normalized spacial score (nSPS) is 13.8. The van der Waals surface area contributed by atoms with E-state index in [9.17, 15) is 15.3 Å². The molecule has 0 saturated heterocycles. The first-order valence-corrected chi connectivity index (χ1v) is 15.3. The molecule has 0 bridgehead atoms. The molecule has 0 aliphatic heterocycles. The number of hydrogen-bond donors (Lipinski definition) is 3. The predicted molar refractivity (Wildman–Crippen MR) is 168 cm³/mol. The van der Waals surface area contributed by atoms with Crippen LogP contribution in [0.1, 0.15) is 124 Å². The van der Waals surface area contributed by atoms with Crippen LogP contribution in [-0.2, 0) is 21.7 Å². The maximum Gasteiger partial charge on any atom is 0.123 e. The van der Waals surface area contributed by atoms with Crippen LogP contribution in [0.4, 0.5) is 0 Å². The number of benzene rings is 2. The van der Waals surface area contributed by atoms with E-state index in [1.165, 1.54) is 4.90 Å². The Morgan fingerprint density at radius 1 is 0.632 bits per heavy atom. The van der Waals surface area contributed by atoms with Crippen LogP contribution in [0.5, 0.6) is 11.5 Å². The van der Waals surface area contributed by atoms with Gasteiger partial charge in [0.25, 0.3) is 0 Å². The fourth-order valence-electron chi connectivity index (χ4n) is 5.08. The van der Waals surface area contributed by atoms with Crippen LogP contribution in [0.3, 0.4) is 0 Å². The second-order valence-corrected chi connectivity index (χ2v) is 18.5. The van der Waals surface area contributed by atoms with Crippen molar-refractivity contribution >= 4 is 23.5 Å². The smallest absolute Gasteiger partial charge is 0.123 e. The van der Waals surface area contributed by atoms with E-state index in [4.69, 9.17) is 0 Å². The van der Waals surface area contributed by atoms with E-state index in [-0.39, 0.29) is 32.3 Å². The van der Waals surface area contributed by atoms with Gasteiger partial charge in [-0.1, -0.05) is 76.2 Å². The van der Waals surface area contributed by atoms with Gasteiger partial charge < -0.3 is 15.3 Å². The van der Waals surface area contributed by atoms with Crippen molar-refractivity contribution in [2.45, 2.75) is 139 Å². The number of aliphatic hydroxyl groups is 1. The minimum atomic E-state index is -0.358. The van der Waals surface area contributed by atoms with Crippen LogP contribution in [0.2, 0.25) is 0 Å². The molecule has 38 heavy (non-hydrogen) atoms. The number of aliphatic hydroxyl groups excluding tert-OH is 1. The van der Waals surface area contributed by atoms with E-state index >= 15 is 0 Å². The van der Waals surface area contributed by atoms with Gasteiger partial charge in [0, 0.05) is 38.7 Å². The highest BCUT2D eigenvalue weighted by atomic mass is 32.2. The summed E-state index contributed by atoms with van der Waals surface area (Å²) in [4.78, 5) is 2.29. The van der Waals surface area contributed by atoms with Crippen LogP contribution < -0.4 is 0 Å². The van der Waals surface area contributed by atoms with E-state index in [1.54, 1.807) is 11.8 Å². The molecule has 2 aromatic carbocycles. The minimum Gasteiger partial charge on any atom is -0.507 e. The van der Waals surface area contributed by atoms with Crippen molar-refractivity contribution in [2.75, 3.05) is 6.61 Å². The highest BCUT2D eigenvalue weighted by molar-refractivity contribution is 8.18. The van der Waals surface area contributed by atoms with E-state index in [2.05, 4.69) is 115 Å². The van der Waals surface area contributed by atoms with Gasteiger partial charge in [-0.05, 0) is 72.6 Å². The Morgan fingerprint density at radius 2 is 1.11 bits per heavy atom. The first kappa shape index (κ1) is 32.9. The molecule has 5 heteroatoms. The standard InChI is InChI=1S/C33H52O3S2/c1-20-25(19-23(30(5,6)7)28(36)26(20)31(8,9)10)38-33(13,14)37-21-17-22(29(2,3)4)27(35)24(18-21)32(11,12)15-16-34/h17-19,34-36H,15-16H2,1-14H3. The number of phenolic OH excluding ortho intramolecular Hbond substituents is 2. The molecule has 0 atom stereocenters. The van der Waals surface area contributed by atoms with Gasteiger partial charge in [-0.3, -0.25) is 0 Å². The van der Waals surface area contributed by atoms with Crippen molar-refractivity contribution in [3.05, 3.63) is 46.0 Å². The number of aromatic hydroxyl groups is 2. The Labute approximate surface area is 241 Å². The molecule has 0 unspecified atom stereocenters. The molecule has 0 fully saturated rings. The van der Waals surface area contributed by atoms with Crippen molar-refractivity contribution in [2.24, 2.45) is 0 Å². The lowest BCUT2D eigenvalue weighted by atomic mass is 9.77. The molecule has 0 heterocycles. The summed E-state index contributed by atoms with van der Waals surface area (Å²) in [6, 6.07) is 6.42.